The molecular weight excluding hydrogens is 435 g/mol. The lowest BCUT2D eigenvalue weighted by molar-refractivity contribution is -0.139. The summed E-state index contributed by atoms with van der Waals surface area (Å²) in [5.41, 5.74) is 1.83. The summed E-state index contributed by atoms with van der Waals surface area (Å²) >= 11 is 0. The van der Waals surface area contributed by atoms with Crippen LogP contribution >= 0.6 is 0 Å². The third-order valence-corrected chi connectivity index (χ3v) is 6.06. The SMILES string of the molecule is COc1ccc(C(O)=C2C(=O)C(=O)N(CCCN(C)C)C2c2ccc(C(C)(C)C)cc2)cc1F. The lowest BCUT2D eigenvalue weighted by Gasteiger charge is -2.27. The molecule has 1 fully saturated rings. The van der Waals surface area contributed by atoms with Crippen LogP contribution in [0.3, 0.4) is 0 Å². The van der Waals surface area contributed by atoms with Gasteiger partial charge in [0.15, 0.2) is 11.6 Å². The van der Waals surface area contributed by atoms with Crippen LogP contribution in [0.2, 0.25) is 0 Å². The van der Waals surface area contributed by atoms with Crippen molar-refractivity contribution >= 4 is 17.4 Å². The second kappa shape index (κ2) is 9.97. The minimum Gasteiger partial charge on any atom is -0.507 e. The molecule has 1 heterocycles. The molecule has 0 bridgehead atoms. The maximum absolute atomic E-state index is 14.3. The average molecular weight is 469 g/mol. The Labute approximate surface area is 200 Å². The fourth-order valence-corrected chi connectivity index (χ4v) is 4.15. The summed E-state index contributed by atoms with van der Waals surface area (Å²) in [7, 11) is 5.22. The van der Waals surface area contributed by atoms with Crippen LogP contribution < -0.4 is 4.74 Å². The Balaban J connectivity index is 2.11. The quantitative estimate of drug-likeness (QED) is 0.368. The van der Waals surface area contributed by atoms with Crippen molar-refractivity contribution in [3.05, 3.63) is 70.5 Å². The first-order valence-electron chi connectivity index (χ1n) is 11.3. The van der Waals surface area contributed by atoms with Crippen molar-refractivity contribution in [2.24, 2.45) is 0 Å². The molecule has 0 saturated carbocycles. The zero-order valence-corrected chi connectivity index (χ0v) is 20.7. The maximum atomic E-state index is 14.3. The number of methoxy groups -OCH3 is 1. The van der Waals surface area contributed by atoms with E-state index in [0.29, 0.717) is 18.5 Å². The van der Waals surface area contributed by atoms with Crippen LogP contribution in [0.25, 0.3) is 5.76 Å². The van der Waals surface area contributed by atoms with Gasteiger partial charge in [-0.3, -0.25) is 9.59 Å². The summed E-state index contributed by atoms with van der Waals surface area (Å²) in [5.74, 6) is -2.49. The van der Waals surface area contributed by atoms with Crippen LogP contribution in [0.15, 0.2) is 48.0 Å². The molecule has 0 aromatic heterocycles. The number of amides is 1. The first-order chi connectivity index (χ1) is 16.0. The zero-order valence-electron chi connectivity index (χ0n) is 20.7. The number of ketones is 1. The monoisotopic (exact) mass is 468 g/mol. The maximum Gasteiger partial charge on any atom is 0.295 e. The van der Waals surface area contributed by atoms with Crippen molar-refractivity contribution in [1.82, 2.24) is 9.80 Å². The molecule has 1 amide bonds. The smallest absolute Gasteiger partial charge is 0.295 e. The molecule has 2 aromatic carbocycles. The zero-order chi connectivity index (χ0) is 25.2. The average Bonchev–Trinajstić information content (AvgIpc) is 3.02. The van der Waals surface area contributed by atoms with Crippen LogP contribution in [-0.4, -0.2) is 60.9 Å². The normalized spacial score (nSPS) is 18.1. The molecule has 0 aliphatic carbocycles. The highest BCUT2D eigenvalue weighted by Crippen LogP contribution is 2.40. The van der Waals surface area contributed by atoms with E-state index < -0.39 is 29.3 Å². The van der Waals surface area contributed by atoms with Crippen LogP contribution in [-0.2, 0) is 15.0 Å². The van der Waals surface area contributed by atoms with Crippen molar-refractivity contribution in [1.29, 1.82) is 0 Å². The van der Waals surface area contributed by atoms with Gasteiger partial charge in [-0.25, -0.2) is 4.39 Å². The lowest BCUT2D eigenvalue weighted by Crippen LogP contribution is -2.32. The fourth-order valence-electron chi connectivity index (χ4n) is 4.15. The van der Waals surface area contributed by atoms with Gasteiger partial charge < -0.3 is 19.6 Å². The molecule has 1 aliphatic rings. The van der Waals surface area contributed by atoms with Crippen LogP contribution in [0.1, 0.15) is 49.9 Å². The van der Waals surface area contributed by atoms with Crippen molar-refractivity contribution in [2.45, 2.75) is 38.6 Å². The minimum absolute atomic E-state index is 0.0232. The second-order valence-electron chi connectivity index (χ2n) is 9.87. The Morgan fingerprint density at radius 1 is 1.12 bits per heavy atom. The van der Waals surface area contributed by atoms with Crippen molar-refractivity contribution < 1.29 is 23.8 Å². The molecule has 34 heavy (non-hydrogen) atoms. The summed E-state index contributed by atoms with van der Waals surface area (Å²) in [6.45, 7) is 7.40. The summed E-state index contributed by atoms with van der Waals surface area (Å²) in [4.78, 5) is 29.6. The van der Waals surface area contributed by atoms with E-state index in [0.717, 1.165) is 18.2 Å². The number of nitrogens with zero attached hydrogens (tertiary/aromatic N) is 2. The largest absolute Gasteiger partial charge is 0.507 e. The number of ether oxygens (including phenoxy) is 1. The van der Waals surface area contributed by atoms with Crippen LogP contribution in [0.5, 0.6) is 5.75 Å². The van der Waals surface area contributed by atoms with E-state index >= 15 is 0 Å². The van der Waals surface area contributed by atoms with Gasteiger partial charge in [0.25, 0.3) is 11.7 Å². The van der Waals surface area contributed by atoms with Crippen LogP contribution in [0.4, 0.5) is 4.39 Å². The van der Waals surface area contributed by atoms with Crippen LogP contribution in [0, 0.1) is 5.82 Å². The predicted molar refractivity (Wildman–Crippen MR) is 130 cm³/mol. The van der Waals surface area contributed by atoms with Crippen molar-refractivity contribution in [2.75, 3.05) is 34.3 Å². The molecule has 3 rings (SSSR count). The van der Waals surface area contributed by atoms with Gasteiger partial charge >= 0.3 is 0 Å². The highest BCUT2D eigenvalue weighted by atomic mass is 19.1. The number of Topliss-reactive ketones (excluding diaryl/α,β-unsaturated/α-hetero) is 1. The van der Waals surface area contributed by atoms with E-state index in [9.17, 15) is 19.1 Å². The Bertz CT molecular complexity index is 1100. The van der Waals surface area contributed by atoms with Crippen molar-refractivity contribution in [3.63, 3.8) is 0 Å². The van der Waals surface area contributed by atoms with E-state index in [4.69, 9.17) is 4.74 Å². The molecule has 1 aliphatic heterocycles. The first kappa shape index (κ1) is 25.4. The molecule has 1 N–H and O–H groups in total. The Kier molecular flexibility index (Phi) is 7.46. The fraction of sp³-hybridized carbons (Fsp3) is 0.407. The summed E-state index contributed by atoms with van der Waals surface area (Å²) in [5, 5.41) is 11.1. The number of benzene rings is 2. The molecule has 1 saturated heterocycles. The minimum atomic E-state index is -0.775. The first-order valence-corrected chi connectivity index (χ1v) is 11.3. The topological polar surface area (TPSA) is 70.1 Å². The number of rotatable bonds is 7. The van der Waals surface area contributed by atoms with Gasteiger partial charge in [-0.1, -0.05) is 45.0 Å². The highest BCUT2D eigenvalue weighted by Gasteiger charge is 2.45. The summed E-state index contributed by atoms with van der Waals surface area (Å²) < 4.78 is 19.3. The highest BCUT2D eigenvalue weighted by molar-refractivity contribution is 6.46. The molecule has 6 nitrogen and oxygen atoms in total. The Morgan fingerprint density at radius 2 is 1.76 bits per heavy atom. The number of halogens is 1. The van der Waals surface area contributed by atoms with E-state index in [1.807, 2.05) is 43.3 Å². The molecule has 0 spiro atoms. The van der Waals surface area contributed by atoms with Gasteiger partial charge in [0.05, 0.1) is 18.7 Å². The molecule has 1 atom stereocenters. The third kappa shape index (κ3) is 5.14. The van der Waals surface area contributed by atoms with Gasteiger partial charge in [-0.2, -0.15) is 0 Å². The van der Waals surface area contributed by atoms with Gasteiger partial charge in [0, 0.05) is 12.1 Å². The number of aliphatic hydroxyl groups excluding tert-OH is 1. The standard InChI is InChI=1S/C27H33FN2O4/c1-27(2,3)19-11-8-17(9-12-19)23-22(24(31)18-10-13-21(34-6)20(28)16-18)25(32)26(33)30(23)15-7-14-29(4)5/h8-13,16,23,31H,7,14-15H2,1-6H3. The number of hydrogen-bond donors (Lipinski definition) is 1. The van der Waals surface area contributed by atoms with Gasteiger partial charge in [0.2, 0.25) is 0 Å². The van der Waals surface area contributed by atoms with Gasteiger partial charge in [-0.05, 0) is 61.8 Å². The predicted octanol–water partition coefficient (Wildman–Crippen LogP) is 4.51. The second-order valence-corrected chi connectivity index (χ2v) is 9.87. The van der Waals surface area contributed by atoms with E-state index in [1.165, 1.54) is 24.1 Å². The number of carbonyl (C=O) groups is 2. The van der Waals surface area contributed by atoms with Crippen molar-refractivity contribution in [3.8, 4) is 5.75 Å². The van der Waals surface area contributed by atoms with Gasteiger partial charge in [-0.15, -0.1) is 0 Å². The van der Waals surface area contributed by atoms with Gasteiger partial charge in [0.1, 0.15) is 5.76 Å². The molecular formula is C27H33FN2O4. The Hall–Kier alpha value is -3.19. The molecule has 2 aromatic rings. The number of hydrogen-bond acceptors (Lipinski definition) is 5. The van der Waals surface area contributed by atoms with E-state index in [1.54, 1.807) is 0 Å². The third-order valence-electron chi connectivity index (χ3n) is 6.06. The molecule has 7 heteroatoms. The molecule has 1 unspecified atom stereocenters. The number of likely N-dealkylation sites (tertiary alicyclic amines) is 1. The molecule has 0 radical (unpaired) electrons. The summed E-state index contributed by atoms with van der Waals surface area (Å²) in [6, 6.07) is 10.9. The van der Waals surface area contributed by atoms with E-state index in [2.05, 4.69) is 20.8 Å². The Morgan fingerprint density at radius 3 is 2.29 bits per heavy atom. The number of aliphatic hydroxyl groups is 1. The molecule has 182 valence electrons. The van der Waals surface area contributed by atoms with E-state index in [-0.39, 0.29) is 22.3 Å². The number of carbonyl (C=O) groups excluding carboxylic acids is 2. The summed E-state index contributed by atoms with van der Waals surface area (Å²) in [6.07, 6.45) is 0.661. The lowest BCUT2D eigenvalue weighted by atomic mass is 9.85.